The van der Waals surface area contributed by atoms with Crippen molar-refractivity contribution >= 4 is 41.1 Å². The van der Waals surface area contributed by atoms with Crippen molar-refractivity contribution in [3.8, 4) is 0 Å². The third-order valence-electron chi connectivity index (χ3n) is 9.53. The van der Waals surface area contributed by atoms with E-state index in [0.29, 0.717) is 53.9 Å². The number of rotatable bonds is 8. The Hall–Kier alpha value is -3.99. The first-order chi connectivity index (χ1) is 20.8. The quantitative estimate of drug-likeness (QED) is 0.225. The van der Waals surface area contributed by atoms with Crippen molar-refractivity contribution in [1.29, 1.82) is 5.41 Å². The number of amides is 1. The maximum Gasteiger partial charge on any atom is 0.411 e. The molecule has 1 saturated heterocycles. The topological polar surface area (TPSA) is 144 Å². The fourth-order valence-electron chi connectivity index (χ4n) is 7.07. The number of fused-ring (bicyclic) bond motifs is 1. The molecule has 11 nitrogen and oxygen atoms in total. The van der Waals surface area contributed by atoms with Crippen LogP contribution in [0.2, 0.25) is 0 Å². The molecule has 43 heavy (non-hydrogen) atoms. The summed E-state index contributed by atoms with van der Waals surface area (Å²) in [6, 6.07) is 10.6. The molecule has 3 heterocycles. The maximum absolute atomic E-state index is 11.5. The average molecular weight is 587 g/mol. The highest BCUT2D eigenvalue weighted by Crippen LogP contribution is 2.42. The molecule has 6 rings (SSSR count). The molecule has 3 aromatic rings. The van der Waals surface area contributed by atoms with E-state index in [-0.39, 0.29) is 23.9 Å². The average Bonchev–Trinajstić information content (AvgIpc) is 3.34. The second kappa shape index (κ2) is 12.3. The lowest BCUT2D eigenvalue weighted by Gasteiger charge is -2.47. The van der Waals surface area contributed by atoms with E-state index in [1.165, 1.54) is 19.3 Å². The Labute approximate surface area is 252 Å². The first-order valence-corrected chi connectivity index (χ1v) is 15.5. The number of primary amides is 1. The number of benzene rings is 1. The van der Waals surface area contributed by atoms with Gasteiger partial charge in [0.25, 0.3) is 5.90 Å². The van der Waals surface area contributed by atoms with E-state index in [1.54, 1.807) is 6.20 Å². The van der Waals surface area contributed by atoms with Gasteiger partial charge in [-0.05, 0) is 55.9 Å². The minimum absolute atomic E-state index is 0.0610. The molecule has 11 heteroatoms. The van der Waals surface area contributed by atoms with Gasteiger partial charge in [0.2, 0.25) is 11.8 Å². The van der Waals surface area contributed by atoms with Gasteiger partial charge in [-0.15, -0.1) is 0 Å². The molecule has 3 aliphatic rings. The Morgan fingerprint density at radius 1 is 1.16 bits per heavy atom. The second-order valence-electron chi connectivity index (χ2n) is 12.4. The van der Waals surface area contributed by atoms with Gasteiger partial charge in [0.05, 0.1) is 25.3 Å². The number of carbonyl (C=O) groups is 1. The maximum atomic E-state index is 11.5. The standard InChI is InChI=1S/C32H42N8O3/c1-4-39-26-28(35-20(3)21-13-9-14-21)36-30(27(33)43-31(34)41)37-29(26)38-32(39)40-24(22-11-6-5-7-12-22)17-42-18-25(40)23-15-8-10-19(2)16-23/h4-7,11-12,19-21,23-25,33H,1,8-10,13-18H2,2-3H3,(H2,34,41)(H,35,36,37). The summed E-state index contributed by atoms with van der Waals surface area (Å²) in [5.74, 6) is 2.27. The van der Waals surface area contributed by atoms with E-state index in [9.17, 15) is 4.79 Å². The number of aromatic nitrogens is 4. The van der Waals surface area contributed by atoms with E-state index < -0.39 is 12.0 Å². The van der Waals surface area contributed by atoms with Gasteiger partial charge >= 0.3 is 6.09 Å². The smallest absolute Gasteiger partial charge is 0.388 e. The van der Waals surface area contributed by atoms with Crippen molar-refractivity contribution in [3.63, 3.8) is 0 Å². The number of carbonyl (C=O) groups excluding carboxylic acids is 1. The number of nitrogens with one attached hydrogen (secondary N) is 2. The molecule has 228 valence electrons. The molecule has 0 radical (unpaired) electrons. The van der Waals surface area contributed by atoms with Crippen molar-refractivity contribution in [2.75, 3.05) is 23.4 Å². The summed E-state index contributed by atoms with van der Waals surface area (Å²) in [6.07, 6.45) is 8.91. The lowest BCUT2D eigenvalue weighted by molar-refractivity contribution is 0.0373. The van der Waals surface area contributed by atoms with Gasteiger partial charge in [-0.1, -0.05) is 63.1 Å². The van der Waals surface area contributed by atoms with Crippen LogP contribution in [0.25, 0.3) is 17.4 Å². The van der Waals surface area contributed by atoms with Crippen LogP contribution in [0.3, 0.4) is 0 Å². The molecular formula is C32H42N8O3. The van der Waals surface area contributed by atoms with Gasteiger partial charge in [-0.2, -0.15) is 4.98 Å². The number of hydrogen-bond acceptors (Lipinski definition) is 9. The monoisotopic (exact) mass is 586 g/mol. The Bertz CT molecular complexity index is 1490. The molecule has 0 bridgehead atoms. The molecule has 1 aromatic carbocycles. The minimum Gasteiger partial charge on any atom is -0.388 e. The zero-order valence-electron chi connectivity index (χ0n) is 25.0. The summed E-state index contributed by atoms with van der Waals surface area (Å²) >= 11 is 0. The molecular weight excluding hydrogens is 544 g/mol. The Balaban J connectivity index is 1.51. The van der Waals surface area contributed by atoms with Gasteiger partial charge in [0.15, 0.2) is 11.5 Å². The number of nitrogens with two attached hydrogens (primary N) is 1. The fourth-order valence-corrected chi connectivity index (χ4v) is 7.07. The molecule has 4 N–H and O–H groups in total. The summed E-state index contributed by atoms with van der Waals surface area (Å²) in [7, 11) is 0. The van der Waals surface area contributed by atoms with E-state index >= 15 is 0 Å². The van der Waals surface area contributed by atoms with Gasteiger partial charge < -0.3 is 25.4 Å². The van der Waals surface area contributed by atoms with E-state index in [0.717, 1.165) is 31.2 Å². The predicted molar refractivity (Wildman–Crippen MR) is 167 cm³/mol. The van der Waals surface area contributed by atoms with Crippen LogP contribution in [-0.4, -0.2) is 56.8 Å². The molecule has 1 amide bonds. The minimum atomic E-state index is -1.09. The molecule has 5 atom stereocenters. The Morgan fingerprint density at radius 3 is 2.60 bits per heavy atom. The lowest BCUT2D eigenvalue weighted by Crippen LogP contribution is -2.53. The molecule has 1 aliphatic heterocycles. The normalized spacial score (nSPS) is 25.1. The number of hydrogen-bond donors (Lipinski definition) is 3. The first kappa shape index (κ1) is 29.1. The van der Waals surface area contributed by atoms with Crippen LogP contribution in [0, 0.1) is 23.2 Å². The Kier molecular flexibility index (Phi) is 8.34. The second-order valence-corrected chi connectivity index (χ2v) is 12.4. The molecule has 3 fully saturated rings. The lowest BCUT2D eigenvalue weighted by atomic mass is 9.77. The zero-order valence-corrected chi connectivity index (χ0v) is 25.0. The summed E-state index contributed by atoms with van der Waals surface area (Å²) in [6.45, 7) is 9.82. The summed E-state index contributed by atoms with van der Waals surface area (Å²) < 4.78 is 13.2. The number of nitrogens with zero attached hydrogens (tertiary/aromatic N) is 5. The highest BCUT2D eigenvalue weighted by molar-refractivity contribution is 5.98. The summed E-state index contributed by atoms with van der Waals surface area (Å²) in [5.41, 5.74) is 7.42. The molecule has 2 aromatic heterocycles. The van der Waals surface area contributed by atoms with Crippen molar-refractivity contribution in [1.82, 2.24) is 19.5 Å². The van der Waals surface area contributed by atoms with Crippen molar-refractivity contribution < 1.29 is 14.3 Å². The van der Waals surface area contributed by atoms with Gasteiger partial charge in [-0.25, -0.2) is 14.8 Å². The number of morpholine rings is 1. The number of anilines is 2. The SMILES string of the molecule is C=Cn1c(N2C(c3ccccc3)COCC2C2CCCC(C)C2)nc2nc(C(=N)OC(N)=O)nc(NC(C)C3CCC3)c21. The molecule has 2 aliphatic carbocycles. The van der Waals surface area contributed by atoms with Crippen LogP contribution >= 0.6 is 0 Å². The van der Waals surface area contributed by atoms with E-state index in [4.69, 9.17) is 25.6 Å². The first-order valence-electron chi connectivity index (χ1n) is 15.5. The van der Waals surface area contributed by atoms with Crippen LogP contribution < -0.4 is 16.0 Å². The van der Waals surface area contributed by atoms with E-state index in [1.807, 2.05) is 10.6 Å². The van der Waals surface area contributed by atoms with Crippen LogP contribution in [-0.2, 0) is 9.47 Å². The fraction of sp³-hybridized carbons (Fsp3) is 0.531. The zero-order chi connectivity index (χ0) is 30.1. The van der Waals surface area contributed by atoms with Crippen LogP contribution in [0.5, 0.6) is 0 Å². The van der Waals surface area contributed by atoms with Crippen LogP contribution in [0.1, 0.15) is 76.2 Å². The molecule has 2 saturated carbocycles. The highest BCUT2D eigenvalue weighted by atomic mass is 16.6. The van der Waals surface area contributed by atoms with Gasteiger partial charge in [0, 0.05) is 12.2 Å². The summed E-state index contributed by atoms with van der Waals surface area (Å²) in [4.78, 5) is 28.3. The van der Waals surface area contributed by atoms with Gasteiger partial charge in [-0.3, -0.25) is 9.98 Å². The largest absolute Gasteiger partial charge is 0.411 e. The third-order valence-corrected chi connectivity index (χ3v) is 9.53. The molecule has 0 spiro atoms. The van der Waals surface area contributed by atoms with Crippen molar-refractivity contribution in [2.24, 2.45) is 23.5 Å². The third kappa shape index (κ3) is 5.82. The van der Waals surface area contributed by atoms with E-state index in [2.05, 4.69) is 64.9 Å². The summed E-state index contributed by atoms with van der Waals surface area (Å²) in [5, 5.41) is 11.9. The Morgan fingerprint density at radius 2 is 1.93 bits per heavy atom. The highest BCUT2D eigenvalue weighted by Gasteiger charge is 2.41. The number of ether oxygens (including phenoxy) is 2. The van der Waals surface area contributed by atoms with Crippen molar-refractivity contribution in [3.05, 3.63) is 48.3 Å². The molecule has 5 unspecified atom stereocenters. The van der Waals surface area contributed by atoms with Crippen LogP contribution in [0.4, 0.5) is 16.6 Å². The predicted octanol–water partition coefficient (Wildman–Crippen LogP) is 5.72. The van der Waals surface area contributed by atoms with Gasteiger partial charge in [0.1, 0.15) is 5.52 Å². The van der Waals surface area contributed by atoms with Crippen LogP contribution in [0.15, 0.2) is 36.9 Å². The number of imidazole rings is 1. The van der Waals surface area contributed by atoms with Crippen molar-refractivity contribution in [2.45, 2.75) is 76.9 Å².